The third kappa shape index (κ3) is 2.71. The molecule has 35 heavy (non-hydrogen) atoms. The standard InChI is InChI=1S/C31H35N3O/c1-29-10-8-24-15-23-4-5-26(34-18-25(32)19-34)16-30(23)11-12-31(24,35-30)28(29)7-6-27(29)21-3-2-20-9-13-33-17-22(20)14-21/h2-5,8-9,13-15,17,25-28H,6-7,10-12,16,18-19,32H2,1H3/t26-,27?,28-,29-,30-,31?/m1/s1. The van der Waals surface area contributed by atoms with Crippen molar-refractivity contribution in [1.82, 2.24) is 9.88 Å². The van der Waals surface area contributed by atoms with E-state index in [2.05, 4.69) is 65.4 Å². The third-order valence-corrected chi connectivity index (χ3v) is 10.8. The highest BCUT2D eigenvalue weighted by atomic mass is 16.5. The van der Waals surface area contributed by atoms with Gasteiger partial charge in [-0.15, -0.1) is 0 Å². The van der Waals surface area contributed by atoms with Gasteiger partial charge in [0.2, 0.25) is 0 Å². The number of benzene rings is 1. The average Bonchev–Trinajstić information content (AvgIpc) is 3.36. The highest BCUT2D eigenvalue weighted by Gasteiger charge is 2.66. The maximum atomic E-state index is 7.43. The molecule has 1 aromatic heterocycles. The number of ether oxygens (including phenoxy) is 1. The molecule has 8 rings (SSSR count). The molecule has 2 bridgehead atoms. The highest BCUT2D eigenvalue weighted by Crippen LogP contribution is 2.69. The van der Waals surface area contributed by atoms with Gasteiger partial charge in [-0.1, -0.05) is 43.4 Å². The summed E-state index contributed by atoms with van der Waals surface area (Å²) in [6.45, 7) is 4.59. The summed E-state index contributed by atoms with van der Waals surface area (Å²) >= 11 is 0. The van der Waals surface area contributed by atoms with Gasteiger partial charge in [0, 0.05) is 43.0 Å². The largest absolute Gasteiger partial charge is 0.359 e. The fourth-order valence-corrected chi connectivity index (χ4v) is 8.98. The van der Waals surface area contributed by atoms with Crippen LogP contribution in [0.3, 0.4) is 0 Å². The molecule has 3 aliphatic heterocycles. The van der Waals surface area contributed by atoms with Crippen molar-refractivity contribution in [3.63, 3.8) is 0 Å². The van der Waals surface area contributed by atoms with Crippen molar-refractivity contribution in [2.75, 3.05) is 13.1 Å². The molecule has 6 aliphatic rings. The van der Waals surface area contributed by atoms with Crippen molar-refractivity contribution in [2.24, 2.45) is 17.1 Å². The number of fused-ring (bicyclic) bond motifs is 2. The second kappa shape index (κ2) is 6.94. The summed E-state index contributed by atoms with van der Waals surface area (Å²) in [5.74, 6) is 1.14. The smallest absolute Gasteiger partial charge is 0.0975 e. The molecule has 4 heteroatoms. The normalized spacial score (nSPS) is 42.2. The first-order chi connectivity index (χ1) is 17.0. The maximum Gasteiger partial charge on any atom is 0.0975 e. The Labute approximate surface area is 207 Å². The van der Waals surface area contributed by atoms with E-state index in [-0.39, 0.29) is 16.6 Å². The van der Waals surface area contributed by atoms with Gasteiger partial charge < -0.3 is 10.5 Å². The molecule has 1 aromatic carbocycles. The molecule has 2 spiro atoms. The fourth-order valence-electron chi connectivity index (χ4n) is 8.98. The van der Waals surface area contributed by atoms with Crippen molar-refractivity contribution < 1.29 is 4.74 Å². The average molecular weight is 466 g/mol. The van der Waals surface area contributed by atoms with E-state index in [9.17, 15) is 0 Å². The van der Waals surface area contributed by atoms with Crippen LogP contribution in [0.4, 0.5) is 0 Å². The second-order valence-corrected chi connectivity index (χ2v) is 12.5. The lowest BCUT2D eigenvalue weighted by Gasteiger charge is -2.54. The van der Waals surface area contributed by atoms with E-state index in [1.54, 1.807) is 0 Å². The zero-order valence-corrected chi connectivity index (χ0v) is 20.6. The first kappa shape index (κ1) is 20.9. The van der Waals surface area contributed by atoms with Crippen molar-refractivity contribution in [2.45, 2.75) is 74.7 Å². The number of allylic oxidation sites excluding steroid dienone is 1. The van der Waals surface area contributed by atoms with Crippen LogP contribution in [0.15, 0.2) is 72.1 Å². The number of hydrogen-bond donors (Lipinski definition) is 1. The van der Waals surface area contributed by atoms with Gasteiger partial charge in [-0.05, 0) is 90.0 Å². The van der Waals surface area contributed by atoms with E-state index in [1.165, 1.54) is 40.3 Å². The molecule has 2 aromatic rings. The molecule has 2 unspecified atom stereocenters. The van der Waals surface area contributed by atoms with Crippen LogP contribution in [0.2, 0.25) is 0 Å². The maximum absolute atomic E-state index is 7.43. The molecule has 180 valence electrons. The molecule has 4 nitrogen and oxygen atoms in total. The molecular weight excluding hydrogens is 430 g/mol. The van der Waals surface area contributed by atoms with Gasteiger partial charge in [0.05, 0.1) is 11.2 Å². The number of aromatic nitrogens is 1. The van der Waals surface area contributed by atoms with E-state index >= 15 is 0 Å². The molecule has 0 radical (unpaired) electrons. The van der Waals surface area contributed by atoms with Crippen LogP contribution < -0.4 is 5.73 Å². The first-order valence-electron chi connectivity index (χ1n) is 13.6. The van der Waals surface area contributed by atoms with Gasteiger partial charge in [0.15, 0.2) is 0 Å². The van der Waals surface area contributed by atoms with Crippen LogP contribution in [0.25, 0.3) is 10.8 Å². The zero-order chi connectivity index (χ0) is 23.4. The fraction of sp³-hybridized carbons (Fsp3) is 0.516. The first-order valence-corrected chi connectivity index (χ1v) is 13.6. The number of rotatable bonds is 2. The highest BCUT2D eigenvalue weighted by molar-refractivity contribution is 5.82. The summed E-state index contributed by atoms with van der Waals surface area (Å²) in [7, 11) is 0. The van der Waals surface area contributed by atoms with E-state index < -0.39 is 0 Å². The van der Waals surface area contributed by atoms with E-state index in [1.807, 2.05) is 12.4 Å². The van der Waals surface area contributed by atoms with E-state index in [0.29, 0.717) is 23.9 Å². The Hall–Kier alpha value is -2.27. The molecule has 2 N–H and O–H groups in total. The lowest BCUT2D eigenvalue weighted by molar-refractivity contribution is -0.134. The lowest BCUT2D eigenvalue weighted by Crippen LogP contribution is -2.61. The number of nitrogens with zero attached hydrogens (tertiary/aromatic N) is 2. The second-order valence-electron chi connectivity index (χ2n) is 12.5. The molecule has 0 amide bonds. The van der Waals surface area contributed by atoms with Crippen molar-refractivity contribution in [1.29, 1.82) is 0 Å². The molecule has 3 fully saturated rings. The van der Waals surface area contributed by atoms with Crippen LogP contribution in [-0.2, 0) is 4.74 Å². The third-order valence-electron chi connectivity index (χ3n) is 10.8. The minimum Gasteiger partial charge on any atom is -0.359 e. The van der Waals surface area contributed by atoms with Crippen LogP contribution in [0, 0.1) is 11.3 Å². The van der Waals surface area contributed by atoms with Gasteiger partial charge in [0.25, 0.3) is 0 Å². The van der Waals surface area contributed by atoms with Gasteiger partial charge in [-0.3, -0.25) is 9.88 Å². The number of likely N-dealkylation sites (tertiary alicyclic amines) is 1. The molecule has 3 aliphatic carbocycles. The summed E-state index contributed by atoms with van der Waals surface area (Å²) in [5.41, 5.74) is 10.5. The van der Waals surface area contributed by atoms with Crippen LogP contribution in [0.1, 0.15) is 56.9 Å². The summed E-state index contributed by atoms with van der Waals surface area (Å²) in [6, 6.07) is 9.99. The summed E-state index contributed by atoms with van der Waals surface area (Å²) in [5, 5.41) is 2.54. The Morgan fingerprint density at radius 2 is 2.00 bits per heavy atom. The predicted molar refractivity (Wildman–Crippen MR) is 139 cm³/mol. The molecule has 4 heterocycles. The van der Waals surface area contributed by atoms with E-state index in [0.717, 1.165) is 38.8 Å². The Morgan fingerprint density at radius 3 is 2.89 bits per heavy atom. The summed E-state index contributed by atoms with van der Waals surface area (Å²) in [6.07, 6.45) is 20.8. The van der Waals surface area contributed by atoms with Crippen molar-refractivity contribution in [3.05, 3.63) is 77.7 Å². The zero-order valence-electron chi connectivity index (χ0n) is 20.6. The Balaban J connectivity index is 1.15. The van der Waals surface area contributed by atoms with Gasteiger partial charge in [0.1, 0.15) is 0 Å². The van der Waals surface area contributed by atoms with Crippen LogP contribution in [0.5, 0.6) is 0 Å². The Morgan fingerprint density at radius 1 is 1.09 bits per heavy atom. The van der Waals surface area contributed by atoms with Crippen molar-refractivity contribution in [3.8, 4) is 0 Å². The minimum atomic E-state index is -0.110. The van der Waals surface area contributed by atoms with Gasteiger partial charge >= 0.3 is 0 Å². The SMILES string of the molecule is C[C@]12CC=C3C=C4C=C[C@@H](N5CC(N)C5)C[C@]45CCC3(O5)[C@@H]1CCC2c1ccc2ccncc2c1. The number of nitrogens with two attached hydrogens (primary N) is 1. The monoisotopic (exact) mass is 465 g/mol. The molecule has 1 saturated carbocycles. The summed E-state index contributed by atoms with van der Waals surface area (Å²) in [4.78, 5) is 6.92. The predicted octanol–water partition coefficient (Wildman–Crippen LogP) is 5.26. The number of pyridine rings is 1. The summed E-state index contributed by atoms with van der Waals surface area (Å²) < 4.78 is 7.43. The number of hydrogen-bond acceptors (Lipinski definition) is 4. The quantitative estimate of drug-likeness (QED) is 0.657. The Kier molecular flexibility index (Phi) is 4.14. The lowest BCUT2D eigenvalue weighted by atomic mass is 9.58. The molecule has 2 saturated heterocycles. The molecule has 6 atom stereocenters. The van der Waals surface area contributed by atoms with Crippen LogP contribution >= 0.6 is 0 Å². The molecular formula is C31H35N3O. The van der Waals surface area contributed by atoms with E-state index in [4.69, 9.17) is 10.5 Å². The minimum absolute atomic E-state index is 0.106. The Bertz CT molecular complexity index is 1320. The van der Waals surface area contributed by atoms with Crippen molar-refractivity contribution >= 4 is 10.8 Å². The topological polar surface area (TPSA) is 51.4 Å². The van der Waals surface area contributed by atoms with Gasteiger partial charge in [-0.25, -0.2) is 0 Å². The van der Waals surface area contributed by atoms with Gasteiger partial charge in [-0.2, -0.15) is 0 Å². The van der Waals surface area contributed by atoms with Crippen LogP contribution in [-0.4, -0.2) is 46.3 Å².